The number of hydrogen-bond donors (Lipinski definition) is 1. The second-order valence-corrected chi connectivity index (χ2v) is 6.98. The minimum Gasteiger partial charge on any atom is -0.376 e. The van der Waals surface area contributed by atoms with E-state index in [0.29, 0.717) is 0 Å². The van der Waals surface area contributed by atoms with Gasteiger partial charge in [0, 0.05) is 28.4 Å². The van der Waals surface area contributed by atoms with Crippen molar-refractivity contribution in [3.05, 3.63) is 21.9 Å². The fourth-order valence-corrected chi connectivity index (χ4v) is 2.47. The molecule has 0 saturated heterocycles. The summed E-state index contributed by atoms with van der Waals surface area (Å²) < 4.78 is 5.67. The number of ether oxygens (including phenoxy) is 1. The fraction of sp³-hybridized carbons (Fsp3) is 0.733. The van der Waals surface area contributed by atoms with Crippen molar-refractivity contribution in [1.82, 2.24) is 5.32 Å². The van der Waals surface area contributed by atoms with Crippen LogP contribution in [0.4, 0.5) is 0 Å². The fourth-order valence-electron chi connectivity index (χ4n) is 1.57. The van der Waals surface area contributed by atoms with Crippen molar-refractivity contribution < 1.29 is 4.74 Å². The Morgan fingerprint density at radius 3 is 2.56 bits per heavy atom. The van der Waals surface area contributed by atoms with Gasteiger partial charge in [0.1, 0.15) is 0 Å². The van der Waals surface area contributed by atoms with E-state index in [0.717, 1.165) is 19.8 Å². The monoisotopic (exact) mass is 269 g/mol. The van der Waals surface area contributed by atoms with E-state index >= 15 is 0 Å². The van der Waals surface area contributed by atoms with Gasteiger partial charge in [0.2, 0.25) is 0 Å². The first-order valence-electron chi connectivity index (χ1n) is 6.91. The lowest BCUT2D eigenvalue weighted by Gasteiger charge is -2.19. The topological polar surface area (TPSA) is 21.3 Å². The summed E-state index contributed by atoms with van der Waals surface area (Å²) in [7, 11) is 0. The van der Waals surface area contributed by atoms with Crippen LogP contribution in [0.1, 0.15) is 56.7 Å². The molecule has 104 valence electrons. The highest BCUT2D eigenvalue weighted by Crippen LogP contribution is 2.18. The molecule has 0 fully saturated rings. The molecule has 0 atom stereocenters. The largest absolute Gasteiger partial charge is 0.376 e. The second-order valence-electron chi connectivity index (χ2n) is 5.73. The normalized spacial score (nSPS) is 12.0. The zero-order valence-electron chi connectivity index (χ0n) is 12.2. The Hall–Kier alpha value is -0.380. The van der Waals surface area contributed by atoms with Crippen LogP contribution in [0.3, 0.4) is 0 Å². The van der Waals surface area contributed by atoms with Crippen molar-refractivity contribution >= 4 is 11.3 Å². The van der Waals surface area contributed by atoms with E-state index in [1.165, 1.54) is 29.0 Å². The molecule has 2 nitrogen and oxygen atoms in total. The molecule has 0 aliphatic carbocycles. The molecule has 0 unspecified atom stereocenters. The lowest BCUT2D eigenvalue weighted by atomic mass is 10.1. The van der Waals surface area contributed by atoms with Crippen LogP contribution in [0.2, 0.25) is 0 Å². The first-order valence-corrected chi connectivity index (χ1v) is 7.73. The van der Waals surface area contributed by atoms with E-state index in [1.807, 2.05) is 11.3 Å². The van der Waals surface area contributed by atoms with Crippen molar-refractivity contribution in [2.24, 2.45) is 0 Å². The average Bonchev–Trinajstić information content (AvgIpc) is 2.73. The molecule has 0 saturated carbocycles. The smallest absolute Gasteiger partial charge is 0.0809 e. The highest BCUT2D eigenvalue weighted by atomic mass is 32.1. The number of unbranched alkanes of at least 4 members (excludes halogenated alkanes) is 2. The van der Waals surface area contributed by atoms with Gasteiger partial charge in [0.15, 0.2) is 0 Å². The molecule has 18 heavy (non-hydrogen) atoms. The Labute approximate surface area is 116 Å². The lowest BCUT2D eigenvalue weighted by molar-refractivity contribution is 0.119. The van der Waals surface area contributed by atoms with Crippen LogP contribution in [0.5, 0.6) is 0 Å². The molecule has 0 amide bonds. The van der Waals surface area contributed by atoms with Crippen LogP contribution in [0.15, 0.2) is 12.1 Å². The molecule has 1 aromatic heterocycles. The maximum absolute atomic E-state index is 5.67. The number of thiophene rings is 1. The van der Waals surface area contributed by atoms with Crippen molar-refractivity contribution in [2.45, 2.75) is 65.6 Å². The minimum atomic E-state index is 0.181. The molecule has 3 heteroatoms. The highest BCUT2D eigenvalue weighted by Gasteiger charge is 2.09. The Balaban J connectivity index is 2.22. The third-order valence-electron chi connectivity index (χ3n) is 2.65. The van der Waals surface area contributed by atoms with E-state index < -0.39 is 0 Å². The van der Waals surface area contributed by atoms with Crippen LogP contribution in [-0.4, -0.2) is 12.1 Å². The molecule has 1 aromatic rings. The molecule has 1 heterocycles. The Morgan fingerprint density at radius 1 is 1.17 bits per heavy atom. The van der Waals surface area contributed by atoms with Crippen LogP contribution in [0, 0.1) is 0 Å². The van der Waals surface area contributed by atoms with E-state index in [9.17, 15) is 0 Å². The highest BCUT2D eigenvalue weighted by molar-refractivity contribution is 7.11. The standard InChI is InChI=1S/C15H27NOS/c1-5-6-7-10-17-12-14-9-8-13(18-14)11-16-15(2,3)4/h8-9,16H,5-7,10-12H2,1-4H3. The summed E-state index contributed by atoms with van der Waals surface area (Å²) in [6.45, 7) is 11.4. The molecule has 0 bridgehead atoms. The SMILES string of the molecule is CCCCCOCc1ccc(CNC(C)(C)C)s1. The van der Waals surface area contributed by atoms with Gasteiger partial charge in [0.05, 0.1) is 6.61 Å². The third kappa shape index (κ3) is 7.14. The average molecular weight is 269 g/mol. The number of rotatable bonds is 8. The second kappa shape index (κ2) is 7.93. The van der Waals surface area contributed by atoms with Crippen molar-refractivity contribution in [3.8, 4) is 0 Å². The summed E-state index contributed by atoms with van der Waals surface area (Å²) in [5, 5.41) is 3.51. The summed E-state index contributed by atoms with van der Waals surface area (Å²) in [5.41, 5.74) is 0.181. The van der Waals surface area contributed by atoms with Crippen molar-refractivity contribution in [3.63, 3.8) is 0 Å². The van der Waals surface area contributed by atoms with Gasteiger partial charge < -0.3 is 10.1 Å². The van der Waals surface area contributed by atoms with Gasteiger partial charge in [-0.25, -0.2) is 0 Å². The molecule has 0 aromatic carbocycles. The summed E-state index contributed by atoms with van der Waals surface area (Å²) in [6.07, 6.45) is 3.70. The van der Waals surface area contributed by atoms with Crippen LogP contribution < -0.4 is 5.32 Å². The van der Waals surface area contributed by atoms with E-state index in [1.54, 1.807) is 0 Å². The minimum absolute atomic E-state index is 0.181. The third-order valence-corrected chi connectivity index (χ3v) is 3.71. The molecular formula is C15H27NOS. The van der Waals surface area contributed by atoms with Gasteiger partial charge in [-0.2, -0.15) is 0 Å². The molecule has 1 rings (SSSR count). The number of hydrogen-bond acceptors (Lipinski definition) is 3. The first kappa shape index (κ1) is 15.7. The molecular weight excluding hydrogens is 242 g/mol. The van der Waals surface area contributed by atoms with Crippen LogP contribution in [-0.2, 0) is 17.9 Å². The van der Waals surface area contributed by atoms with E-state index in [-0.39, 0.29) is 5.54 Å². The quantitative estimate of drug-likeness (QED) is 0.709. The predicted octanol–water partition coefficient (Wildman–Crippen LogP) is 4.34. The van der Waals surface area contributed by atoms with Crippen molar-refractivity contribution in [2.75, 3.05) is 6.61 Å². The molecule has 0 aliphatic rings. The van der Waals surface area contributed by atoms with Gasteiger partial charge in [0.25, 0.3) is 0 Å². The summed E-state index contributed by atoms with van der Waals surface area (Å²) in [4.78, 5) is 2.72. The Morgan fingerprint density at radius 2 is 1.89 bits per heavy atom. The lowest BCUT2D eigenvalue weighted by Crippen LogP contribution is -2.34. The molecule has 0 radical (unpaired) electrons. The van der Waals surface area contributed by atoms with Crippen molar-refractivity contribution in [1.29, 1.82) is 0 Å². The summed E-state index contributed by atoms with van der Waals surface area (Å²) in [6, 6.07) is 4.39. The Kier molecular flexibility index (Phi) is 6.90. The molecule has 1 N–H and O–H groups in total. The van der Waals surface area contributed by atoms with E-state index in [2.05, 4.69) is 45.1 Å². The van der Waals surface area contributed by atoms with Crippen LogP contribution in [0.25, 0.3) is 0 Å². The summed E-state index contributed by atoms with van der Waals surface area (Å²) in [5.74, 6) is 0. The van der Waals surface area contributed by atoms with E-state index in [4.69, 9.17) is 4.74 Å². The molecule has 0 aliphatic heterocycles. The maximum Gasteiger partial charge on any atom is 0.0809 e. The predicted molar refractivity (Wildman–Crippen MR) is 80.1 cm³/mol. The molecule has 0 spiro atoms. The van der Waals surface area contributed by atoms with Gasteiger partial charge in [-0.15, -0.1) is 11.3 Å². The van der Waals surface area contributed by atoms with Gasteiger partial charge in [-0.05, 0) is 39.3 Å². The number of nitrogens with one attached hydrogen (secondary N) is 1. The zero-order chi connectivity index (χ0) is 13.4. The maximum atomic E-state index is 5.67. The Bertz CT molecular complexity index is 327. The first-order chi connectivity index (χ1) is 8.51. The summed E-state index contributed by atoms with van der Waals surface area (Å²) >= 11 is 1.85. The zero-order valence-corrected chi connectivity index (χ0v) is 13.0. The van der Waals surface area contributed by atoms with Crippen LogP contribution >= 0.6 is 11.3 Å². The van der Waals surface area contributed by atoms with Gasteiger partial charge in [-0.1, -0.05) is 19.8 Å². The van der Waals surface area contributed by atoms with Gasteiger partial charge >= 0.3 is 0 Å². The van der Waals surface area contributed by atoms with Gasteiger partial charge in [-0.3, -0.25) is 0 Å².